The molecule has 1 rings (SSSR count). The maximum Gasteiger partial charge on any atom is 0.346 e. The molecule has 0 bridgehead atoms. The van der Waals surface area contributed by atoms with Gasteiger partial charge in [-0.25, -0.2) is 4.79 Å². The molecule has 0 spiro atoms. The molecule has 0 atom stereocenters. The van der Waals surface area contributed by atoms with Gasteiger partial charge in [0, 0.05) is 18.7 Å². The van der Waals surface area contributed by atoms with Crippen LogP contribution in [0, 0.1) is 0 Å². The van der Waals surface area contributed by atoms with Crippen LogP contribution in [-0.4, -0.2) is 17.1 Å². The molecule has 84 valence electrons. The van der Waals surface area contributed by atoms with Gasteiger partial charge in [-0.05, 0) is 12.1 Å². The van der Waals surface area contributed by atoms with Crippen molar-refractivity contribution in [2.45, 2.75) is 18.7 Å². The first-order valence-corrected chi connectivity index (χ1v) is 5.32. The fourth-order valence-corrected chi connectivity index (χ4v) is 1.78. The summed E-state index contributed by atoms with van der Waals surface area (Å²) < 4.78 is 4.46. The van der Waals surface area contributed by atoms with Gasteiger partial charge in [0.1, 0.15) is 0 Å². The zero-order valence-electron chi connectivity index (χ0n) is 8.85. The third-order valence-electron chi connectivity index (χ3n) is 1.60. The molecule has 0 unspecified atom stereocenters. The van der Waals surface area contributed by atoms with Crippen LogP contribution in [0.15, 0.2) is 29.2 Å². The number of hydrogen-bond acceptors (Lipinski definition) is 5. The first-order chi connectivity index (χ1) is 7.50. The molecular weight excluding hydrogens is 228 g/mol. The van der Waals surface area contributed by atoms with E-state index in [4.69, 9.17) is 0 Å². The smallest absolute Gasteiger partial charge is 0.346 e. The van der Waals surface area contributed by atoms with E-state index in [-0.39, 0.29) is 10.7 Å². The highest BCUT2D eigenvalue weighted by Crippen LogP contribution is 2.23. The zero-order valence-corrected chi connectivity index (χ0v) is 9.67. The molecule has 0 saturated heterocycles. The van der Waals surface area contributed by atoms with Crippen molar-refractivity contribution < 1.29 is 19.1 Å². The van der Waals surface area contributed by atoms with E-state index >= 15 is 0 Å². The molecular formula is C11H10O4S. The quantitative estimate of drug-likeness (QED) is 0.448. The SMILES string of the molecule is CC(=O)OC(=O)c1ccccc1SC(C)=O. The largest absolute Gasteiger partial charge is 0.390 e. The number of thioether (sulfide) groups is 1. The van der Waals surface area contributed by atoms with Gasteiger partial charge in [0.25, 0.3) is 0 Å². The Morgan fingerprint density at radius 1 is 1.12 bits per heavy atom. The van der Waals surface area contributed by atoms with Crippen molar-refractivity contribution in [1.82, 2.24) is 0 Å². The van der Waals surface area contributed by atoms with Gasteiger partial charge < -0.3 is 4.74 Å². The lowest BCUT2D eigenvalue weighted by Gasteiger charge is -2.05. The van der Waals surface area contributed by atoms with E-state index in [1.54, 1.807) is 18.2 Å². The molecule has 0 heterocycles. The molecule has 5 heteroatoms. The summed E-state index contributed by atoms with van der Waals surface area (Å²) in [6.07, 6.45) is 0. The van der Waals surface area contributed by atoms with Crippen molar-refractivity contribution in [1.29, 1.82) is 0 Å². The molecule has 0 aromatic heterocycles. The maximum absolute atomic E-state index is 11.5. The third-order valence-corrected chi connectivity index (χ3v) is 2.46. The van der Waals surface area contributed by atoms with E-state index in [0.717, 1.165) is 18.7 Å². The van der Waals surface area contributed by atoms with E-state index in [1.807, 2.05) is 0 Å². The number of benzene rings is 1. The van der Waals surface area contributed by atoms with E-state index < -0.39 is 11.9 Å². The molecule has 0 fully saturated rings. The van der Waals surface area contributed by atoms with Gasteiger partial charge in [-0.15, -0.1) is 0 Å². The molecule has 0 N–H and O–H groups in total. The monoisotopic (exact) mass is 238 g/mol. The van der Waals surface area contributed by atoms with Crippen LogP contribution in [-0.2, 0) is 14.3 Å². The van der Waals surface area contributed by atoms with Gasteiger partial charge >= 0.3 is 11.9 Å². The lowest BCUT2D eigenvalue weighted by molar-refractivity contribution is -0.135. The van der Waals surface area contributed by atoms with Crippen LogP contribution < -0.4 is 0 Å². The summed E-state index contributed by atoms with van der Waals surface area (Å²) in [5.74, 6) is -1.41. The Morgan fingerprint density at radius 3 is 2.31 bits per heavy atom. The molecule has 0 saturated carbocycles. The summed E-state index contributed by atoms with van der Waals surface area (Å²) >= 11 is 0.929. The van der Waals surface area contributed by atoms with Crippen LogP contribution in [0.1, 0.15) is 24.2 Å². The Bertz CT molecular complexity index is 439. The zero-order chi connectivity index (χ0) is 12.1. The second kappa shape index (κ2) is 5.46. The van der Waals surface area contributed by atoms with Crippen molar-refractivity contribution in [2.24, 2.45) is 0 Å². The summed E-state index contributed by atoms with van der Waals surface area (Å²) in [5, 5.41) is -0.136. The predicted octanol–water partition coefficient (Wildman–Crippen LogP) is 2.03. The van der Waals surface area contributed by atoms with E-state index in [0.29, 0.717) is 4.90 Å². The van der Waals surface area contributed by atoms with Gasteiger partial charge in [-0.1, -0.05) is 23.9 Å². The second-order valence-corrected chi connectivity index (χ2v) is 4.19. The highest BCUT2D eigenvalue weighted by atomic mass is 32.2. The maximum atomic E-state index is 11.5. The van der Waals surface area contributed by atoms with E-state index in [2.05, 4.69) is 4.74 Å². The topological polar surface area (TPSA) is 60.4 Å². The third kappa shape index (κ3) is 3.51. The second-order valence-electron chi connectivity index (χ2n) is 2.97. The number of rotatable bonds is 2. The average molecular weight is 238 g/mol. The number of carbonyl (C=O) groups is 3. The Balaban J connectivity index is 2.98. The van der Waals surface area contributed by atoms with Crippen molar-refractivity contribution >= 4 is 28.8 Å². The summed E-state index contributed by atoms with van der Waals surface area (Å²) in [4.78, 5) is 33.6. The summed E-state index contributed by atoms with van der Waals surface area (Å²) in [6.45, 7) is 2.55. The lowest BCUT2D eigenvalue weighted by atomic mass is 10.2. The summed E-state index contributed by atoms with van der Waals surface area (Å²) in [5.41, 5.74) is 0.220. The predicted molar refractivity (Wildman–Crippen MR) is 59.1 cm³/mol. The summed E-state index contributed by atoms with van der Waals surface area (Å²) in [7, 11) is 0. The van der Waals surface area contributed by atoms with Gasteiger partial charge in [0.2, 0.25) is 0 Å². The molecule has 4 nitrogen and oxygen atoms in total. The number of ether oxygens (including phenoxy) is 1. The number of hydrogen-bond donors (Lipinski definition) is 0. The van der Waals surface area contributed by atoms with Crippen molar-refractivity contribution in [3.8, 4) is 0 Å². The van der Waals surface area contributed by atoms with Crippen LogP contribution in [0.25, 0.3) is 0 Å². The highest BCUT2D eigenvalue weighted by Gasteiger charge is 2.15. The number of esters is 2. The fourth-order valence-electron chi connectivity index (χ4n) is 1.06. The van der Waals surface area contributed by atoms with Crippen molar-refractivity contribution in [3.63, 3.8) is 0 Å². The van der Waals surface area contributed by atoms with Crippen LogP contribution in [0.5, 0.6) is 0 Å². The minimum absolute atomic E-state index is 0.136. The molecule has 0 aliphatic carbocycles. The summed E-state index contributed by atoms with van der Waals surface area (Å²) in [6, 6.07) is 6.48. The highest BCUT2D eigenvalue weighted by molar-refractivity contribution is 8.13. The Morgan fingerprint density at radius 2 is 1.75 bits per heavy atom. The molecule has 0 radical (unpaired) electrons. The minimum atomic E-state index is -0.739. The normalized spacial score (nSPS) is 9.62. The van der Waals surface area contributed by atoms with Crippen LogP contribution in [0.2, 0.25) is 0 Å². The van der Waals surface area contributed by atoms with Gasteiger partial charge in [-0.2, -0.15) is 0 Å². The first kappa shape index (κ1) is 12.4. The molecule has 0 aliphatic heterocycles. The Kier molecular flexibility index (Phi) is 4.25. The van der Waals surface area contributed by atoms with Gasteiger partial charge in [0.15, 0.2) is 5.12 Å². The lowest BCUT2D eigenvalue weighted by Crippen LogP contribution is -2.10. The molecule has 0 amide bonds. The fraction of sp³-hybridized carbons (Fsp3) is 0.182. The number of carbonyl (C=O) groups excluding carboxylic acids is 3. The molecule has 1 aromatic rings. The van der Waals surface area contributed by atoms with Gasteiger partial charge in [0.05, 0.1) is 5.56 Å². The standard InChI is InChI=1S/C11H10O4S/c1-7(12)15-11(14)9-5-3-4-6-10(9)16-8(2)13/h3-6H,1-2H3. The van der Waals surface area contributed by atoms with Crippen molar-refractivity contribution in [2.75, 3.05) is 0 Å². The van der Waals surface area contributed by atoms with Crippen molar-refractivity contribution in [3.05, 3.63) is 29.8 Å². The molecule has 0 aliphatic rings. The van der Waals surface area contributed by atoms with E-state index in [9.17, 15) is 14.4 Å². The first-order valence-electron chi connectivity index (χ1n) is 4.51. The minimum Gasteiger partial charge on any atom is -0.390 e. The Labute approximate surface area is 97.0 Å². The van der Waals surface area contributed by atoms with Crippen LogP contribution >= 0.6 is 11.8 Å². The van der Waals surface area contributed by atoms with E-state index in [1.165, 1.54) is 13.0 Å². The van der Waals surface area contributed by atoms with Crippen LogP contribution in [0.4, 0.5) is 0 Å². The molecule has 1 aromatic carbocycles. The molecule has 16 heavy (non-hydrogen) atoms. The average Bonchev–Trinajstić information content (AvgIpc) is 2.16. The van der Waals surface area contributed by atoms with Crippen LogP contribution in [0.3, 0.4) is 0 Å². The Hall–Kier alpha value is -1.62. The van der Waals surface area contributed by atoms with Gasteiger partial charge in [-0.3, -0.25) is 9.59 Å².